The summed E-state index contributed by atoms with van der Waals surface area (Å²) in [6, 6.07) is 0. The molecule has 0 aliphatic carbocycles. The van der Waals surface area contributed by atoms with Gasteiger partial charge in [-0.15, -0.1) is 0 Å². The van der Waals surface area contributed by atoms with E-state index < -0.39 is 5.97 Å². The van der Waals surface area contributed by atoms with Crippen LogP contribution in [0.3, 0.4) is 0 Å². The Balaban J connectivity index is -0.000000126. The van der Waals surface area contributed by atoms with E-state index in [2.05, 4.69) is 37.2 Å². The van der Waals surface area contributed by atoms with Gasteiger partial charge >= 0.3 is 5.97 Å². The smallest absolute Gasteiger partial charge is 0.315 e. The topological polar surface area (TPSA) is 61.8 Å². The fraction of sp³-hybridized carbons (Fsp3) is 0.875. The maximum atomic E-state index is 10.5. The summed E-state index contributed by atoms with van der Waals surface area (Å²) in [6.45, 7) is 10.7. The molecular weight excluding hydrogens is 272 g/mol. The Kier molecular flexibility index (Phi) is 25.6. The number of hydrogen-bond donors (Lipinski definition) is 0. The molecule has 5 heteroatoms. The quantitative estimate of drug-likeness (QED) is 0.387. The van der Waals surface area contributed by atoms with Gasteiger partial charge in [0.2, 0.25) is 0 Å². The predicted molar refractivity (Wildman–Crippen MR) is 87.3 cm³/mol. The minimum Gasteiger partial charge on any atom is -0.438 e. The van der Waals surface area contributed by atoms with Gasteiger partial charge in [-0.25, -0.2) is 0 Å². The minimum absolute atomic E-state index is 0. The van der Waals surface area contributed by atoms with Gasteiger partial charge in [0, 0.05) is 13.7 Å². The first-order valence-electron chi connectivity index (χ1n) is 6.59. The van der Waals surface area contributed by atoms with E-state index in [0.717, 1.165) is 13.0 Å². The van der Waals surface area contributed by atoms with Gasteiger partial charge < -0.3 is 14.2 Å². The van der Waals surface area contributed by atoms with Crippen molar-refractivity contribution in [1.29, 1.82) is 0 Å². The van der Waals surface area contributed by atoms with Gasteiger partial charge in [-0.2, -0.15) is 0 Å². The summed E-state index contributed by atoms with van der Waals surface area (Å²) in [4.78, 5) is 20.8. The highest BCUT2D eigenvalue weighted by Crippen LogP contribution is 1.99. The summed E-state index contributed by atoms with van der Waals surface area (Å²) in [5, 5.41) is 0. The third-order valence-electron chi connectivity index (χ3n) is 2.02. The molecule has 1 unspecified atom stereocenters. The van der Waals surface area contributed by atoms with E-state index in [1.807, 2.05) is 0 Å². The Labute approximate surface area is 131 Å². The first-order chi connectivity index (χ1) is 8.83. The molecule has 0 aromatic carbocycles. The lowest BCUT2D eigenvalue weighted by molar-refractivity contribution is -0.155. The average molecular weight is 308 g/mol. The summed E-state index contributed by atoms with van der Waals surface area (Å²) in [6.07, 6.45) is 1.38. The van der Waals surface area contributed by atoms with E-state index in [0.29, 0.717) is 12.0 Å². The summed E-state index contributed by atoms with van der Waals surface area (Å²) in [5.74, 6) is -0.0885. The van der Waals surface area contributed by atoms with E-state index >= 15 is 0 Å². The molecule has 130 valence electrons. The normalized spacial score (nSPS) is 10.4. The average Bonchev–Trinajstić information content (AvgIpc) is 2.33. The largest absolute Gasteiger partial charge is 0.438 e. The maximum absolute atomic E-state index is 10.5. The van der Waals surface area contributed by atoms with Crippen molar-refractivity contribution >= 4 is 11.8 Å². The highest BCUT2D eigenvalue weighted by Gasteiger charge is 2.04. The summed E-state index contributed by atoms with van der Waals surface area (Å²) in [5.41, 5.74) is 0. The van der Waals surface area contributed by atoms with E-state index in [1.54, 1.807) is 0 Å². The van der Waals surface area contributed by atoms with Crippen molar-refractivity contribution < 1.29 is 23.8 Å². The van der Waals surface area contributed by atoms with Gasteiger partial charge in [0.05, 0.1) is 6.10 Å². The molecule has 0 aromatic rings. The molecule has 0 aromatic heterocycles. The lowest BCUT2D eigenvalue weighted by Crippen LogP contribution is -2.10. The molecule has 0 fully saturated rings. The SMILES string of the molecule is C.C.CCC(C)OCC(C)C.COCOC(=O)CC(C)=O. The highest BCUT2D eigenvalue weighted by atomic mass is 16.7. The van der Waals surface area contributed by atoms with Crippen LogP contribution >= 0.6 is 0 Å². The van der Waals surface area contributed by atoms with Gasteiger partial charge in [-0.3, -0.25) is 9.59 Å². The van der Waals surface area contributed by atoms with Crippen LogP contribution in [0.4, 0.5) is 0 Å². The molecule has 0 aliphatic rings. The number of rotatable bonds is 8. The molecule has 0 spiro atoms. The number of carbonyl (C=O) groups is 2. The molecule has 21 heavy (non-hydrogen) atoms. The predicted octanol–water partition coefficient (Wildman–Crippen LogP) is 3.84. The number of methoxy groups -OCH3 is 1. The Morgan fingerprint density at radius 3 is 1.95 bits per heavy atom. The van der Waals surface area contributed by atoms with Crippen molar-refractivity contribution in [2.45, 2.75) is 68.4 Å². The molecular formula is C16H36O5. The molecule has 0 saturated heterocycles. The Morgan fingerprint density at radius 1 is 1.10 bits per heavy atom. The van der Waals surface area contributed by atoms with Crippen LogP contribution in [0.1, 0.15) is 62.3 Å². The molecule has 0 heterocycles. The van der Waals surface area contributed by atoms with Crippen LogP contribution in [0.25, 0.3) is 0 Å². The number of ketones is 1. The number of Topliss-reactive ketones (excluding diaryl/α,β-unsaturated/α-hetero) is 1. The number of ether oxygens (including phenoxy) is 3. The lowest BCUT2D eigenvalue weighted by atomic mass is 10.2. The van der Waals surface area contributed by atoms with Crippen LogP contribution in [0.2, 0.25) is 0 Å². The van der Waals surface area contributed by atoms with Gasteiger partial charge in [0.1, 0.15) is 12.2 Å². The van der Waals surface area contributed by atoms with E-state index in [9.17, 15) is 9.59 Å². The van der Waals surface area contributed by atoms with Crippen molar-refractivity contribution in [3.63, 3.8) is 0 Å². The highest BCUT2D eigenvalue weighted by molar-refractivity contribution is 5.94. The Bertz CT molecular complexity index is 239. The van der Waals surface area contributed by atoms with E-state index in [-0.39, 0.29) is 33.9 Å². The third-order valence-corrected chi connectivity index (χ3v) is 2.02. The fourth-order valence-electron chi connectivity index (χ4n) is 0.854. The number of hydrogen-bond acceptors (Lipinski definition) is 5. The second kappa shape index (κ2) is 19.1. The summed E-state index contributed by atoms with van der Waals surface area (Å²) < 4.78 is 14.3. The van der Waals surface area contributed by atoms with Crippen LogP contribution in [0.5, 0.6) is 0 Å². The zero-order chi connectivity index (χ0) is 15.3. The Morgan fingerprint density at radius 2 is 1.62 bits per heavy atom. The molecule has 0 aliphatic heterocycles. The first-order valence-corrected chi connectivity index (χ1v) is 6.59. The van der Waals surface area contributed by atoms with Crippen molar-refractivity contribution in [2.75, 3.05) is 20.5 Å². The summed E-state index contributed by atoms with van der Waals surface area (Å²) >= 11 is 0. The zero-order valence-corrected chi connectivity index (χ0v) is 13.0. The van der Waals surface area contributed by atoms with Crippen LogP contribution in [0, 0.1) is 5.92 Å². The number of carbonyl (C=O) groups excluding carboxylic acids is 2. The van der Waals surface area contributed by atoms with Crippen molar-refractivity contribution in [3.8, 4) is 0 Å². The third kappa shape index (κ3) is 28.1. The van der Waals surface area contributed by atoms with Crippen molar-refractivity contribution in [3.05, 3.63) is 0 Å². The Hall–Kier alpha value is -0.940. The van der Waals surface area contributed by atoms with Crippen molar-refractivity contribution in [2.24, 2.45) is 5.92 Å². The zero-order valence-electron chi connectivity index (χ0n) is 13.0. The molecule has 0 bridgehead atoms. The molecule has 0 amide bonds. The van der Waals surface area contributed by atoms with Gasteiger partial charge in [-0.1, -0.05) is 35.6 Å². The van der Waals surface area contributed by atoms with Gasteiger partial charge in [-0.05, 0) is 26.2 Å². The molecule has 0 radical (unpaired) electrons. The van der Waals surface area contributed by atoms with Crippen LogP contribution < -0.4 is 0 Å². The fourth-order valence-corrected chi connectivity index (χ4v) is 0.854. The molecule has 0 N–H and O–H groups in total. The molecule has 0 rings (SSSR count). The van der Waals surface area contributed by atoms with Crippen LogP contribution in [0.15, 0.2) is 0 Å². The van der Waals surface area contributed by atoms with Crippen molar-refractivity contribution in [1.82, 2.24) is 0 Å². The second-order valence-corrected chi connectivity index (χ2v) is 4.75. The van der Waals surface area contributed by atoms with Crippen LogP contribution in [-0.4, -0.2) is 38.4 Å². The standard InChI is InChI=1S/C8H18O.C6H10O4.2CH4/c1-5-8(4)9-6-7(2)3;1-5(7)3-6(8)10-4-9-2;;/h7-8H,5-6H2,1-4H3;3-4H2,1-2H3;2*1H4. The van der Waals surface area contributed by atoms with Gasteiger partial charge in [0.15, 0.2) is 6.79 Å². The maximum Gasteiger partial charge on any atom is 0.315 e. The summed E-state index contributed by atoms with van der Waals surface area (Å²) in [7, 11) is 1.40. The first kappa shape index (κ1) is 28.3. The van der Waals surface area contributed by atoms with E-state index in [4.69, 9.17) is 4.74 Å². The lowest BCUT2D eigenvalue weighted by Gasteiger charge is -2.11. The second-order valence-electron chi connectivity index (χ2n) is 4.75. The minimum atomic E-state index is -0.547. The van der Waals surface area contributed by atoms with Crippen LogP contribution in [-0.2, 0) is 23.8 Å². The molecule has 5 nitrogen and oxygen atoms in total. The van der Waals surface area contributed by atoms with E-state index in [1.165, 1.54) is 14.0 Å². The number of esters is 1. The van der Waals surface area contributed by atoms with Gasteiger partial charge in [0.25, 0.3) is 0 Å². The monoisotopic (exact) mass is 308 g/mol. The molecule has 1 atom stereocenters. The molecule has 0 saturated carbocycles.